The number of hydrogen-bond acceptors (Lipinski definition) is 3. The fourth-order valence-corrected chi connectivity index (χ4v) is 2.57. The SMILES string of the molecule is Fc1cc2nc(-c3cncnc3)n(C3CC3)c2cc1Cl. The molecule has 2 heterocycles. The average Bonchev–Trinajstić information content (AvgIpc) is 3.23. The van der Waals surface area contributed by atoms with Crippen LogP contribution in [0.1, 0.15) is 18.9 Å². The van der Waals surface area contributed by atoms with Crippen molar-refractivity contribution in [3.05, 3.63) is 41.7 Å². The molecule has 0 N–H and O–H groups in total. The standard InChI is InChI=1S/C14H10ClFN4/c15-10-3-13-12(4-11(10)16)19-14(20(13)9-1-2-9)8-5-17-7-18-6-8/h3-7,9H,1-2H2. The number of imidazole rings is 1. The Morgan fingerprint density at radius 2 is 1.95 bits per heavy atom. The van der Waals surface area contributed by atoms with Gasteiger partial charge in [0.25, 0.3) is 0 Å². The van der Waals surface area contributed by atoms with E-state index in [2.05, 4.69) is 19.5 Å². The Morgan fingerprint density at radius 1 is 1.20 bits per heavy atom. The van der Waals surface area contributed by atoms with Gasteiger partial charge in [0, 0.05) is 24.5 Å². The van der Waals surface area contributed by atoms with Gasteiger partial charge in [0.2, 0.25) is 0 Å². The van der Waals surface area contributed by atoms with Crippen LogP contribution in [0.25, 0.3) is 22.4 Å². The highest BCUT2D eigenvalue weighted by Gasteiger charge is 2.29. The molecule has 4 nitrogen and oxygen atoms in total. The van der Waals surface area contributed by atoms with Gasteiger partial charge in [0.05, 0.1) is 21.6 Å². The Morgan fingerprint density at radius 3 is 2.65 bits per heavy atom. The summed E-state index contributed by atoms with van der Waals surface area (Å²) in [5, 5.41) is 0.121. The van der Waals surface area contributed by atoms with Gasteiger partial charge < -0.3 is 4.57 Å². The van der Waals surface area contributed by atoms with Crippen LogP contribution in [0.15, 0.2) is 30.9 Å². The quantitative estimate of drug-likeness (QED) is 0.723. The molecule has 1 aromatic carbocycles. The van der Waals surface area contributed by atoms with E-state index in [1.54, 1.807) is 18.5 Å². The molecular formula is C14H10ClFN4. The zero-order chi connectivity index (χ0) is 13.7. The van der Waals surface area contributed by atoms with E-state index in [1.807, 2.05) is 0 Å². The van der Waals surface area contributed by atoms with Gasteiger partial charge in [0.15, 0.2) is 0 Å². The van der Waals surface area contributed by atoms with E-state index in [-0.39, 0.29) is 5.02 Å². The molecule has 100 valence electrons. The molecular weight excluding hydrogens is 279 g/mol. The van der Waals surface area contributed by atoms with Gasteiger partial charge >= 0.3 is 0 Å². The van der Waals surface area contributed by atoms with Crippen molar-refractivity contribution in [3.8, 4) is 11.4 Å². The molecule has 20 heavy (non-hydrogen) atoms. The summed E-state index contributed by atoms with van der Waals surface area (Å²) in [5.41, 5.74) is 2.29. The van der Waals surface area contributed by atoms with Gasteiger partial charge in [-0.2, -0.15) is 0 Å². The second-order valence-electron chi connectivity index (χ2n) is 4.92. The number of benzene rings is 1. The molecule has 2 aromatic heterocycles. The molecule has 0 aliphatic heterocycles. The molecule has 1 aliphatic rings. The highest BCUT2D eigenvalue weighted by molar-refractivity contribution is 6.31. The zero-order valence-electron chi connectivity index (χ0n) is 10.4. The maximum atomic E-state index is 13.6. The lowest BCUT2D eigenvalue weighted by atomic mass is 10.3. The molecule has 0 atom stereocenters. The van der Waals surface area contributed by atoms with Crippen LogP contribution in [0.4, 0.5) is 4.39 Å². The van der Waals surface area contributed by atoms with E-state index in [1.165, 1.54) is 12.4 Å². The van der Waals surface area contributed by atoms with Crippen molar-refractivity contribution in [2.45, 2.75) is 18.9 Å². The molecule has 0 saturated heterocycles. The minimum absolute atomic E-state index is 0.121. The van der Waals surface area contributed by atoms with Gasteiger partial charge in [-0.3, -0.25) is 0 Å². The van der Waals surface area contributed by atoms with E-state index in [0.29, 0.717) is 11.6 Å². The summed E-state index contributed by atoms with van der Waals surface area (Å²) in [5.74, 6) is 0.320. The Bertz CT molecular complexity index is 796. The van der Waals surface area contributed by atoms with E-state index in [0.717, 1.165) is 29.7 Å². The topological polar surface area (TPSA) is 43.6 Å². The Hall–Kier alpha value is -2.01. The van der Waals surface area contributed by atoms with Crippen LogP contribution in [0.3, 0.4) is 0 Å². The first-order chi connectivity index (χ1) is 9.74. The predicted molar refractivity (Wildman–Crippen MR) is 74.0 cm³/mol. The summed E-state index contributed by atoms with van der Waals surface area (Å²) in [7, 11) is 0. The maximum Gasteiger partial charge on any atom is 0.144 e. The van der Waals surface area contributed by atoms with Crippen molar-refractivity contribution in [2.75, 3.05) is 0 Å². The molecule has 4 rings (SSSR count). The highest BCUT2D eigenvalue weighted by atomic mass is 35.5. The molecule has 0 radical (unpaired) electrons. The van der Waals surface area contributed by atoms with Gasteiger partial charge in [-0.05, 0) is 18.9 Å². The second-order valence-corrected chi connectivity index (χ2v) is 5.33. The minimum atomic E-state index is -0.449. The van der Waals surface area contributed by atoms with Crippen molar-refractivity contribution in [2.24, 2.45) is 0 Å². The average molecular weight is 289 g/mol. The molecule has 1 saturated carbocycles. The van der Waals surface area contributed by atoms with Crippen LogP contribution in [0.5, 0.6) is 0 Å². The summed E-state index contributed by atoms with van der Waals surface area (Å²) in [6.45, 7) is 0. The molecule has 0 bridgehead atoms. The van der Waals surface area contributed by atoms with Crippen molar-refractivity contribution in [3.63, 3.8) is 0 Å². The van der Waals surface area contributed by atoms with E-state index < -0.39 is 5.82 Å². The van der Waals surface area contributed by atoms with Crippen LogP contribution in [-0.4, -0.2) is 19.5 Å². The lowest BCUT2D eigenvalue weighted by Crippen LogP contribution is -1.98. The van der Waals surface area contributed by atoms with Crippen LogP contribution >= 0.6 is 11.6 Å². The largest absolute Gasteiger partial charge is 0.321 e. The summed E-state index contributed by atoms with van der Waals surface area (Å²) < 4.78 is 15.7. The lowest BCUT2D eigenvalue weighted by molar-refractivity contribution is 0.629. The van der Waals surface area contributed by atoms with Crippen molar-refractivity contribution >= 4 is 22.6 Å². The third kappa shape index (κ3) is 1.78. The number of hydrogen-bond donors (Lipinski definition) is 0. The lowest BCUT2D eigenvalue weighted by Gasteiger charge is -2.07. The van der Waals surface area contributed by atoms with Crippen molar-refractivity contribution < 1.29 is 4.39 Å². The fraction of sp³-hybridized carbons (Fsp3) is 0.214. The van der Waals surface area contributed by atoms with Crippen molar-refractivity contribution in [1.29, 1.82) is 0 Å². The highest BCUT2D eigenvalue weighted by Crippen LogP contribution is 2.41. The molecule has 0 spiro atoms. The molecule has 1 fully saturated rings. The van der Waals surface area contributed by atoms with Crippen LogP contribution in [-0.2, 0) is 0 Å². The summed E-state index contributed by atoms with van der Waals surface area (Å²) in [6, 6.07) is 3.42. The third-order valence-electron chi connectivity index (χ3n) is 3.46. The van der Waals surface area contributed by atoms with Gasteiger partial charge in [-0.1, -0.05) is 11.6 Å². The normalized spacial score (nSPS) is 14.9. The minimum Gasteiger partial charge on any atom is -0.321 e. The van der Waals surface area contributed by atoms with Gasteiger partial charge in [0.1, 0.15) is 18.0 Å². The molecule has 1 aliphatic carbocycles. The van der Waals surface area contributed by atoms with Crippen LogP contribution < -0.4 is 0 Å². The first-order valence-corrected chi connectivity index (χ1v) is 6.74. The van der Waals surface area contributed by atoms with E-state index in [4.69, 9.17) is 11.6 Å². The van der Waals surface area contributed by atoms with E-state index >= 15 is 0 Å². The number of fused-ring (bicyclic) bond motifs is 1. The predicted octanol–water partition coefficient (Wildman–Crippen LogP) is 3.62. The zero-order valence-corrected chi connectivity index (χ0v) is 11.2. The molecule has 3 aromatic rings. The molecule has 6 heteroatoms. The summed E-state index contributed by atoms with van der Waals surface area (Å²) >= 11 is 5.90. The Kier molecular flexibility index (Phi) is 2.50. The maximum absolute atomic E-state index is 13.6. The Balaban J connectivity index is 2.03. The first kappa shape index (κ1) is 11.8. The Labute approximate surface area is 119 Å². The molecule has 0 amide bonds. The molecule has 0 unspecified atom stereocenters. The van der Waals surface area contributed by atoms with Crippen molar-refractivity contribution in [1.82, 2.24) is 19.5 Å². The van der Waals surface area contributed by atoms with E-state index in [9.17, 15) is 4.39 Å². The van der Waals surface area contributed by atoms with Crippen LogP contribution in [0, 0.1) is 5.82 Å². The summed E-state index contributed by atoms with van der Waals surface area (Å²) in [4.78, 5) is 12.6. The monoisotopic (exact) mass is 288 g/mol. The smallest absolute Gasteiger partial charge is 0.144 e. The number of halogens is 2. The fourth-order valence-electron chi connectivity index (χ4n) is 2.41. The second kappa shape index (κ2) is 4.24. The summed E-state index contributed by atoms with van der Waals surface area (Å²) in [6.07, 6.45) is 7.10. The van der Waals surface area contributed by atoms with Crippen LogP contribution in [0.2, 0.25) is 5.02 Å². The number of rotatable bonds is 2. The van der Waals surface area contributed by atoms with Gasteiger partial charge in [-0.25, -0.2) is 19.3 Å². The third-order valence-corrected chi connectivity index (χ3v) is 3.75. The number of aromatic nitrogens is 4. The number of nitrogens with zero attached hydrogens (tertiary/aromatic N) is 4. The first-order valence-electron chi connectivity index (χ1n) is 6.36. The van der Waals surface area contributed by atoms with Gasteiger partial charge in [-0.15, -0.1) is 0 Å².